The van der Waals surface area contributed by atoms with Crippen molar-refractivity contribution in [1.29, 1.82) is 0 Å². The molecule has 1 N–H and O–H groups in total. The van der Waals surface area contributed by atoms with Crippen LogP contribution < -0.4 is 0 Å². The van der Waals surface area contributed by atoms with Crippen LogP contribution >= 0.6 is 0 Å². The summed E-state index contributed by atoms with van der Waals surface area (Å²) in [4.78, 5) is 13.5. The van der Waals surface area contributed by atoms with Crippen molar-refractivity contribution in [3.05, 3.63) is 77.7 Å². The average molecular weight is 509 g/mol. The summed E-state index contributed by atoms with van der Waals surface area (Å²) in [7, 11) is 0. The van der Waals surface area contributed by atoms with E-state index in [0.29, 0.717) is 5.78 Å². The van der Waals surface area contributed by atoms with Gasteiger partial charge >= 0.3 is 0 Å². The Labute approximate surface area is 220 Å². The molecular weight excluding hydrogens is 469 g/mol. The van der Waals surface area contributed by atoms with E-state index in [1.54, 1.807) is 0 Å². The van der Waals surface area contributed by atoms with Gasteiger partial charge in [-0.3, -0.25) is 4.79 Å². The number of ketones is 1. The summed E-state index contributed by atoms with van der Waals surface area (Å²) in [6, 6.07) is 17.0. The Morgan fingerprint density at radius 2 is 1.78 bits per heavy atom. The largest absolute Gasteiger partial charge is 0.388 e. The number of aliphatic hydroxyl groups excluding tert-OH is 1. The van der Waals surface area contributed by atoms with Crippen LogP contribution in [-0.4, -0.2) is 10.9 Å². The van der Waals surface area contributed by atoms with Crippen molar-refractivity contribution in [1.82, 2.24) is 0 Å². The Morgan fingerprint density at radius 1 is 1.09 bits per heavy atom. The van der Waals surface area contributed by atoms with Crippen LogP contribution in [0.25, 0.3) is 0 Å². The van der Waals surface area contributed by atoms with Gasteiger partial charge in [-0.25, -0.2) is 0 Å². The molecule has 2 unspecified atom stereocenters. The maximum absolute atomic E-state index is 13.5. The van der Waals surface area contributed by atoms with Gasteiger partial charge in [-0.05, 0) is 53.7 Å². The van der Waals surface area contributed by atoms with Gasteiger partial charge in [0.2, 0.25) is 0 Å². The van der Waals surface area contributed by atoms with Gasteiger partial charge in [0.1, 0.15) is 5.78 Å². The summed E-state index contributed by atoms with van der Waals surface area (Å²) in [5, 5.41) is 10.4. The first-order chi connectivity index (χ1) is 14.7. The predicted molar refractivity (Wildman–Crippen MR) is 129 cm³/mol. The summed E-state index contributed by atoms with van der Waals surface area (Å²) in [6.07, 6.45) is 4.80. The second-order valence-corrected chi connectivity index (χ2v) is 10.3. The van der Waals surface area contributed by atoms with Crippen LogP contribution in [0.3, 0.4) is 0 Å². The van der Waals surface area contributed by atoms with E-state index in [0.717, 1.165) is 44.1 Å². The fourth-order valence-corrected chi connectivity index (χ4v) is 5.13. The van der Waals surface area contributed by atoms with Crippen LogP contribution in [0, 0.1) is 24.2 Å². The van der Waals surface area contributed by atoms with Crippen molar-refractivity contribution < 1.29 is 42.6 Å². The monoisotopic (exact) mass is 508 g/mol. The van der Waals surface area contributed by atoms with E-state index in [2.05, 4.69) is 71.0 Å². The molecule has 0 bridgehead atoms. The summed E-state index contributed by atoms with van der Waals surface area (Å²) < 4.78 is 0. The van der Waals surface area contributed by atoms with Gasteiger partial charge in [-0.1, -0.05) is 88.2 Å². The minimum atomic E-state index is -0.400. The molecule has 2 aromatic carbocycles. The molecule has 0 heterocycles. The first-order valence-corrected chi connectivity index (χ1v) is 11.9. The molecule has 1 saturated carbocycles. The number of aliphatic hydroxyl groups is 1. The molecule has 0 amide bonds. The first kappa shape index (κ1) is 27.4. The Balaban J connectivity index is 0.00000363. The van der Waals surface area contributed by atoms with Gasteiger partial charge in [0.05, 0.1) is 6.10 Å². The molecule has 0 spiro atoms. The van der Waals surface area contributed by atoms with Crippen LogP contribution in [0.5, 0.6) is 0 Å². The maximum atomic E-state index is 13.5. The number of hydrogen-bond donors (Lipinski definition) is 1. The van der Waals surface area contributed by atoms with Crippen molar-refractivity contribution in [3.63, 3.8) is 0 Å². The quantitative estimate of drug-likeness (QED) is 0.396. The van der Waals surface area contributed by atoms with Crippen LogP contribution in [0.15, 0.2) is 48.5 Å². The zero-order valence-corrected chi connectivity index (χ0v) is 23.1. The Kier molecular flexibility index (Phi) is 10.3. The van der Waals surface area contributed by atoms with Gasteiger partial charge in [0.15, 0.2) is 0 Å². The van der Waals surface area contributed by atoms with Gasteiger partial charge in [-0.2, -0.15) is 6.42 Å². The molecule has 0 saturated heterocycles. The molecule has 2 aromatic rings. The molecule has 3 heteroatoms. The molecule has 171 valence electrons. The fraction of sp³-hybridized carbons (Fsp3) is 0.517. The van der Waals surface area contributed by atoms with Crippen molar-refractivity contribution in [2.24, 2.45) is 17.3 Å². The second-order valence-electron chi connectivity index (χ2n) is 10.3. The van der Waals surface area contributed by atoms with Gasteiger partial charge in [-0.15, -0.1) is 0 Å². The number of carbonyl (C=O) groups is 1. The first-order valence-electron chi connectivity index (χ1n) is 11.9. The summed E-state index contributed by atoms with van der Waals surface area (Å²) in [6.45, 7) is 12.6. The van der Waals surface area contributed by atoms with E-state index in [9.17, 15) is 9.90 Å². The van der Waals surface area contributed by atoms with Gasteiger partial charge < -0.3 is 12.0 Å². The Morgan fingerprint density at radius 3 is 2.38 bits per heavy atom. The molecule has 2 nitrogen and oxygen atoms in total. The SMILES string of the molecule is [CH2-]Cc1ccc([C@H]2CC(C(C)(C)C)C(=O)[C@@H]2CCc2cccc(C(O)CCC)c2)cc1.[Y]. The second kappa shape index (κ2) is 12.0. The minimum absolute atomic E-state index is 0. The zero-order chi connectivity index (χ0) is 22.6. The van der Waals surface area contributed by atoms with Gasteiger partial charge in [0, 0.05) is 44.5 Å². The average Bonchev–Trinajstić information content (AvgIpc) is 3.09. The third-order valence-corrected chi connectivity index (χ3v) is 7.07. The number of Topliss-reactive ketones (excluding diaryl/α,β-unsaturated/α-hetero) is 1. The predicted octanol–water partition coefficient (Wildman–Crippen LogP) is 6.86. The number of aryl methyl sites for hydroxylation is 1. The van der Waals surface area contributed by atoms with Crippen LogP contribution in [0.4, 0.5) is 0 Å². The Hall–Kier alpha value is -0.826. The van der Waals surface area contributed by atoms with E-state index in [1.807, 2.05) is 12.1 Å². The third-order valence-electron chi connectivity index (χ3n) is 7.07. The number of rotatable bonds is 8. The maximum Gasteiger partial charge on any atom is 0.140 e. The van der Waals surface area contributed by atoms with E-state index >= 15 is 0 Å². The molecule has 0 aromatic heterocycles. The number of carbonyl (C=O) groups excluding carboxylic acids is 1. The molecule has 1 fully saturated rings. The van der Waals surface area contributed by atoms with Crippen molar-refractivity contribution in [2.75, 3.05) is 0 Å². The molecule has 1 radical (unpaired) electrons. The molecule has 4 atom stereocenters. The smallest absolute Gasteiger partial charge is 0.140 e. The molecule has 0 aliphatic heterocycles. The minimum Gasteiger partial charge on any atom is -0.388 e. The van der Waals surface area contributed by atoms with Crippen molar-refractivity contribution >= 4 is 5.78 Å². The summed E-state index contributed by atoms with van der Waals surface area (Å²) >= 11 is 0. The third kappa shape index (κ3) is 6.61. The number of benzene rings is 2. The topological polar surface area (TPSA) is 37.3 Å². The number of hydrogen-bond acceptors (Lipinski definition) is 2. The molecule has 3 rings (SSSR count). The van der Waals surface area contributed by atoms with Crippen LogP contribution in [0.2, 0.25) is 0 Å². The van der Waals surface area contributed by atoms with Crippen LogP contribution in [0.1, 0.15) is 87.7 Å². The van der Waals surface area contributed by atoms with Crippen LogP contribution in [-0.2, 0) is 50.3 Å². The zero-order valence-electron chi connectivity index (χ0n) is 20.3. The standard InChI is InChI=1S/C29H39O2.Y/c1-6-9-27(30)23-11-8-10-21(18-23)14-17-24-25(19-26(28(24)31)29(3,4)5)22-15-12-20(7-2)13-16-22;/h8,10-13,15-16,18,24-27,30H,2,6-7,9,14,17,19H2,1,3-5H3;/q-1;/t24-,25-,26?,27?;/m1./s1. The van der Waals surface area contributed by atoms with E-state index in [1.165, 1.54) is 16.7 Å². The summed E-state index contributed by atoms with van der Waals surface area (Å²) in [5.74, 6) is 0.872. The normalized spacial score (nSPS) is 21.9. The van der Waals surface area contributed by atoms with Gasteiger partial charge in [0.25, 0.3) is 0 Å². The van der Waals surface area contributed by atoms with Crippen molar-refractivity contribution in [2.45, 2.75) is 78.2 Å². The van der Waals surface area contributed by atoms with E-state index in [-0.39, 0.29) is 55.9 Å². The fourth-order valence-electron chi connectivity index (χ4n) is 5.13. The van der Waals surface area contributed by atoms with Crippen molar-refractivity contribution in [3.8, 4) is 0 Å². The van der Waals surface area contributed by atoms with E-state index in [4.69, 9.17) is 0 Å². The van der Waals surface area contributed by atoms with E-state index < -0.39 is 6.10 Å². The molecular formula is C29H39O2Y-. The Bertz CT molecular complexity index is 865. The summed E-state index contributed by atoms with van der Waals surface area (Å²) in [5.41, 5.74) is 4.71. The molecule has 1 aliphatic rings. The molecule has 32 heavy (non-hydrogen) atoms. The molecule has 1 aliphatic carbocycles.